The molecule has 1 fully saturated rings. The Morgan fingerprint density at radius 2 is 1.84 bits per heavy atom. The molecule has 0 bridgehead atoms. The number of hydrogen-bond acceptors (Lipinski definition) is 7. The van der Waals surface area contributed by atoms with Gasteiger partial charge in [-0.3, -0.25) is 9.59 Å². The predicted molar refractivity (Wildman–Crippen MR) is 142 cm³/mol. The number of amides is 2. The van der Waals surface area contributed by atoms with Crippen LogP contribution in [0.1, 0.15) is 55.7 Å². The van der Waals surface area contributed by atoms with Crippen molar-refractivity contribution >= 4 is 34.2 Å². The molecule has 0 spiro atoms. The van der Waals surface area contributed by atoms with Gasteiger partial charge in [0.2, 0.25) is 5.88 Å². The van der Waals surface area contributed by atoms with Gasteiger partial charge in [-0.05, 0) is 51.8 Å². The highest BCUT2D eigenvalue weighted by Crippen LogP contribution is 2.32. The number of nitrogens with zero attached hydrogens (tertiary/aromatic N) is 4. The number of likely N-dealkylation sites (tertiary alicyclic amines) is 1. The third kappa shape index (κ3) is 5.04. The summed E-state index contributed by atoms with van der Waals surface area (Å²) in [4.78, 5) is 47.0. The van der Waals surface area contributed by atoms with Crippen LogP contribution in [-0.2, 0) is 4.74 Å². The van der Waals surface area contributed by atoms with Crippen LogP contribution in [0.3, 0.4) is 0 Å². The first-order valence-electron chi connectivity index (χ1n) is 12.5. The summed E-state index contributed by atoms with van der Waals surface area (Å²) in [6.45, 7) is 6.57. The number of H-pyrrole nitrogens is 1. The zero-order chi connectivity index (χ0) is 27.0. The summed E-state index contributed by atoms with van der Waals surface area (Å²) in [6, 6.07) is 11.9. The van der Waals surface area contributed by atoms with Crippen LogP contribution in [0.5, 0.6) is 5.88 Å². The summed E-state index contributed by atoms with van der Waals surface area (Å²) in [7, 11) is 1.49. The summed E-state index contributed by atoms with van der Waals surface area (Å²) >= 11 is 0. The van der Waals surface area contributed by atoms with E-state index in [4.69, 9.17) is 14.6 Å². The first kappa shape index (κ1) is 25.2. The quantitative estimate of drug-likeness (QED) is 0.418. The molecule has 0 atom stereocenters. The van der Waals surface area contributed by atoms with Gasteiger partial charge in [0.1, 0.15) is 16.9 Å². The predicted octanol–water partition coefficient (Wildman–Crippen LogP) is 3.95. The average Bonchev–Trinajstić information content (AvgIpc) is 3.26. The van der Waals surface area contributed by atoms with E-state index >= 15 is 0 Å². The van der Waals surface area contributed by atoms with Crippen LogP contribution in [0.4, 0.5) is 10.5 Å². The van der Waals surface area contributed by atoms with E-state index in [1.54, 1.807) is 45.8 Å². The molecule has 5 rings (SSSR count). The first-order valence-corrected chi connectivity index (χ1v) is 12.5. The molecule has 0 aliphatic carbocycles. The lowest BCUT2D eigenvalue weighted by Gasteiger charge is -2.33. The second-order valence-corrected chi connectivity index (χ2v) is 10.3. The number of aromatic amines is 1. The number of benzene rings is 1. The van der Waals surface area contributed by atoms with Crippen molar-refractivity contribution in [3.63, 3.8) is 0 Å². The fraction of sp³-hybridized carbons (Fsp3) is 0.370. The van der Waals surface area contributed by atoms with Crippen LogP contribution in [0.25, 0.3) is 16.6 Å². The summed E-state index contributed by atoms with van der Waals surface area (Å²) < 4.78 is 12.4. The molecule has 0 radical (unpaired) electrons. The van der Waals surface area contributed by atoms with Crippen molar-refractivity contribution in [1.29, 1.82) is 0 Å². The van der Waals surface area contributed by atoms with Crippen LogP contribution < -0.4 is 15.6 Å². The molecule has 2 N–H and O–H groups in total. The van der Waals surface area contributed by atoms with E-state index in [2.05, 4.69) is 15.3 Å². The van der Waals surface area contributed by atoms with E-state index in [9.17, 15) is 14.4 Å². The van der Waals surface area contributed by atoms with Gasteiger partial charge < -0.3 is 24.7 Å². The van der Waals surface area contributed by atoms with Gasteiger partial charge in [-0.2, -0.15) is 5.10 Å². The standard InChI is InChI=1S/C27H30N6O5/c1-27(2,3)38-26(36)32-13-11-16(12-14-32)20-15-21(34)30-24-23-17(7-5-8-18(23)31-33(20)24)29-25(35)19-9-6-10-22(28-19)37-4/h5-10,15-16H,11-14H2,1-4H3,(H,29,35)(H,30,34). The number of methoxy groups -OCH3 is 1. The minimum Gasteiger partial charge on any atom is -0.481 e. The molecule has 4 heterocycles. The molecule has 1 aliphatic heterocycles. The van der Waals surface area contributed by atoms with Crippen LogP contribution in [0.15, 0.2) is 47.3 Å². The number of rotatable bonds is 4. The minimum absolute atomic E-state index is 0.0202. The number of carbonyl (C=O) groups is 2. The van der Waals surface area contributed by atoms with E-state index in [-0.39, 0.29) is 23.3 Å². The summed E-state index contributed by atoms with van der Waals surface area (Å²) in [5, 5.41) is 8.27. The Hall–Kier alpha value is -4.41. The molecule has 1 aliphatic rings. The number of carbonyl (C=O) groups excluding carboxylic acids is 2. The number of piperidine rings is 1. The van der Waals surface area contributed by atoms with Crippen molar-refractivity contribution in [2.75, 3.05) is 25.5 Å². The van der Waals surface area contributed by atoms with E-state index in [0.29, 0.717) is 54.0 Å². The zero-order valence-corrected chi connectivity index (χ0v) is 21.8. The van der Waals surface area contributed by atoms with Crippen molar-refractivity contribution in [1.82, 2.24) is 24.5 Å². The Labute approximate surface area is 218 Å². The lowest BCUT2D eigenvalue weighted by atomic mass is 9.93. The van der Waals surface area contributed by atoms with Crippen molar-refractivity contribution < 1.29 is 19.1 Å². The maximum absolute atomic E-state index is 13.0. The largest absolute Gasteiger partial charge is 0.481 e. The highest BCUT2D eigenvalue weighted by molar-refractivity contribution is 6.11. The highest BCUT2D eigenvalue weighted by atomic mass is 16.6. The van der Waals surface area contributed by atoms with Crippen LogP contribution in [-0.4, -0.2) is 62.3 Å². The summed E-state index contributed by atoms with van der Waals surface area (Å²) in [5.74, 6) is -0.0610. The Bertz CT molecular complexity index is 1580. The molecule has 3 aromatic heterocycles. The van der Waals surface area contributed by atoms with Crippen molar-refractivity contribution in [2.24, 2.45) is 0 Å². The minimum atomic E-state index is -0.558. The SMILES string of the molecule is COc1cccc(C(=O)Nc2cccc3nn4c(C5CCN(C(=O)OC(C)(C)C)CC5)cc(=O)[nH]c4c23)n1. The number of anilines is 1. The Balaban J connectivity index is 1.46. The lowest BCUT2D eigenvalue weighted by molar-refractivity contribution is 0.0203. The number of ether oxygens (including phenoxy) is 2. The lowest BCUT2D eigenvalue weighted by Crippen LogP contribution is -2.41. The van der Waals surface area contributed by atoms with Crippen LogP contribution in [0.2, 0.25) is 0 Å². The Kier molecular flexibility index (Phi) is 6.52. The molecule has 1 saturated heterocycles. The van der Waals surface area contributed by atoms with Gasteiger partial charge in [-0.15, -0.1) is 0 Å². The number of pyridine rings is 1. The molecule has 2 amide bonds. The van der Waals surface area contributed by atoms with Gasteiger partial charge in [0.15, 0.2) is 0 Å². The van der Waals surface area contributed by atoms with Gasteiger partial charge in [-0.25, -0.2) is 14.3 Å². The molecule has 4 aromatic rings. The summed E-state index contributed by atoms with van der Waals surface area (Å²) in [5.41, 5.74) is 1.75. The van der Waals surface area contributed by atoms with Crippen molar-refractivity contribution in [3.8, 4) is 5.88 Å². The molecular formula is C27H30N6O5. The average molecular weight is 519 g/mol. The zero-order valence-electron chi connectivity index (χ0n) is 21.8. The number of hydrogen-bond donors (Lipinski definition) is 2. The van der Waals surface area contributed by atoms with Crippen molar-refractivity contribution in [3.05, 3.63) is 64.2 Å². The van der Waals surface area contributed by atoms with Gasteiger partial charge in [-0.1, -0.05) is 12.1 Å². The Morgan fingerprint density at radius 3 is 2.55 bits per heavy atom. The molecule has 198 valence electrons. The van der Waals surface area contributed by atoms with Crippen molar-refractivity contribution in [2.45, 2.75) is 45.1 Å². The topological polar surface area (TPSA) is 131 Å². The third-order valence-electron chi connectivity index (χ3n) is 6.44. The summed E-state index contributed by atoms with van der Waals surface area (Å²) in [6.07, 6.45) is 1.00. The first-order chi connectivity index (χ1) is 18.1. The second kappa shape index (κ2) is 9.81. The van der Waals surface area contributed by atoms with Crippen LogP contribution in [0, 0.1) is 0 Å². The molecular weight excluding hydrogens is 488 g/mol. The fourth-order valence-electron chi connectivity index (χ4n) is 4.71. The van der Waals surface area contributed by atoms with Gasteiger partial charge in [0, 0.05) is 31.1 Å². The normalized spacial score (nSPS) is 14.6. The van der Waals surface area contributed by atoms with Gasteiger partial charge >= 0.3 is 6.09 Å². The van der Waals surface area contributed by atoms with Gasteiger partial charge in [0.05, 0.1) is 29.4 Å². The number of aromatic nitrogens is 4. The fourth-order valence-corrected chi connectivity index (χ4v) is 4.71. The molecule has 38 heavy (non-hydrogen) atoms. The monoisotopic (exact) mass is 518 g/mol. The molecule has 11 heteroatoms. The molecule has 0 saturated carbocycles. The molecule has 1 aromatic carbocycles. The molecule has 11 nitrogen and oxygen atoms in total. The van der Waals surface area contributed by atoms with Crippen LogP contribution >= 0.6 is 0 Å². The van der Waals surface area contributed by atoms with E-state index in [1.165, 1.54) is 7.11 Å². The Morgan fingerprint density at radius 1 is 1.11 bits per heavy atom. The highest BCUT2D eigenvalue weighted by Gasteiger charge is 2.29. The maximum atomic E-state index is 13.0. The molecule has 0 unspecified atom stereocenters. The number of nitrogens with one attached hydrogen (secondary N) is 2. The van der Waals surface area contributed by atoms with E-state index in [0.717, 1.165) is 5.69 Å². The second-order valence-electron chi connectivity index (χ2n) is 10.3. The third-order valence-corrected chi connectivity index (χ3v) is 6.44. The maximum Gasteiger partial charge on any atom is 0.410 e. The van der Waals surface area contributed by atoms with E-state index in [1.807, 2.05) is 26.8 Å². The number of fused-ring (bicyclic) bond motifs is 3. The smallest absolute Gasteiger partial charge is 0.410 e. The van der Waals surface area contributed by atoms with E-state index < -0.39 is 11.5 Å². The van der Waals surface area contributed by atoms with Gasteiger partial charge in [0.25, 0.3) is 11.5 Å².